The number of thiazole rings is 1. The fourth-order valence-electron chi connectivity index (χ4n) is 3.44. The molecular weight excluding hydrogens is 394 g/mol. The van der Waals surface area contributed by atoms with Gasteiger partial charge in [0.15, 0.2) is 5.13 Å². The normalized spacial score (nSPS) is 20.2. The van der Waals surface area contributed by atoms with Crippen LogP contribution in [0.4, 0.5) is 5.13 Å². The minimum Gasteiger partial charge on any atom is -0.359 e. The summed E-state index contributed by atoms with van der Waals surface area (Å²) in [5, 5.41) is 6.45. The Bertz CT molecular complexity index is 861. The molecule has 0 aliphatic heterocycles. The number of hydrogen-bond donors (Lipinski definition) is 2. The molecule has 2 aromatic rings. The van der Waals surface area contributed by atoms with Gasteiger partial charge in [0, 0.05) is 30.4 Å². The molecule has 28 heavy (non-hydrogen) atoms. The van der Waals surface area contributed by atoms with Gasteiger partial charge in [-0.2, -0.15) is 0 Å². The summed E-state index contributed by atoms with van der Waals surface area (Å²) in [5.74, 6) is 0.654. The summed E-state index contributed by atoms with van der Waals surface area (Å²) < 4.78 is 26.7. The fourth-order valence-corrected chi connectivity index (χ4v) is 5.52. The average molecular weight is 424 g/mol. The molecule has 0 spiro atoms. The van der Waals surface area contributed by atoms with E-state index in [0.29, 0.717) is 18.5 Å². The highest BCUT2D eigenvalue weighted by atomic mass is 32.2. The molecule has 2 aromatic heterocycles. The van der Waals surface area contributed by atoms with Crippen LogP contribution in [0.5, 0.6) is 0 Å². The Morgan fingerprint density at radius 1 is 1.18 bits per heavy atom. The van der Waals surface area contributed by atoms with E-state index < -0.39 is 10.0 Å². The molecule has 7 nitrogen and oxygen atoms in total. The van der Waals surface area contributed by atoms with Gasteiger partial charge in [0.2, 0.25) is 10.0 Å². The Kier molecular flexibility index (Phi) is 7.36. The van der Waals surface area contributed by atoms with Crippen LogP contribution in [0, 0.1) is 12.8 Å². The molecule has 0 saturated heterocycles. The fraction of sp³-hybridized carbons (Fsp3) is 0.632. The number of aromatic nitrogens is 3. The molecule has 0 aromatic carbocycles. The Hall–Kier alpha value is -1.58. The van der Waals surface area contributed by atoms with Gasteiger partial charge in [-0.1, -0.05) is 13.3 Å². The molecule has 1 aliphatic rings. The predicted molar refractivity (Wildman–Crippen MR) is 114 cm³/mol. The van der Waals surface area contributed by atoms with Crippen molar-refractivity contribution in [2.75, 3.05) is 17.6 Å². The number of hydrogen-bond acceptors (Lipinski definition) is 7. The van der Waals surface area contributed by atoms with Crippen LogP contribution in [0.25, 0.3) is 11.4 Å². The van der Waals surface area contributed by atoms with Gasteiger partial charge in [0.1, 0.15) is 11.4 Å². The minimum absolute atomic E-state index is 0.234. The molecule has 0 amide bonds. The number of unbranched alkanes of at least 4 members (excludes halogenated alkanes) is 1. The second kappa shape index (κ2) is 9.76. The first-order chi connectivity index (χ1) is 13.5. The maximum absolute atomic E-state index is 11.9. The maximum Gasteiger partial charge on any atom is 0.211 e. The van der Waals surface area contributed by atoms with Crippen LogP contribution in [0.15, 0.2) is 17.8 Å². The molecule has 154 valence electrons. The number of nitrogens with one attached hydrogen (secondary N) is 2. The zero-order chi connectivity index (χ0) is 20.0. The van der Waals surface area contributed by atoms with E-state index >= 15 is 0 Å². The van der Waals surface area contributed by atoms with Crippen molar-refractivity contribution in [3.8, 4) is 11.4 Å². The molecule has 1 fully saturated rings. The van der Waals surface area contributed by atoms with Gasteiger partial charge in [0.25, 0.3) is 0 Å². The number of anilines is 1. The van der Waals surface area contributed by atoms with Crippen molar-refractivity contribution < 1.29 is 8.42 Å². The molecule has 0 bridgehead atoms. The van der Waals surface area contributed by atoms with E-state index in [-0.39, 0.29) is 5.75 Å². The standard InChI is InChI=1S/C19H29N5O2S2/c1-3-4-11-28(25,26)22-12-15-5-7-16(8-6-15)23-19-24-17(13-27-19)18-14(2)20-9-10-21-18/h9-10,13,15-16,22H,3-8,11-12H2,1-2H3,(H,23,24)/t15-,16-. The molecule has 3 rings (SSSR count). The van der Waals surface area contributed by atoms with E-state index in [1.165, 1.54) is 0 Å². The van der Waals surface area contributed by atoms with Crippen molar-refractivity contribution >= 4 is 26.5 Å². The summed E-state index contributed by atoms with van der Waals surface area (Å²) in [5.41, 5.74) is 2.56. The Morgan fingerprint density at radius 2 is 1.93 bits per heavy atom. The van der Waals surface area contributed by atoms with Gasteiger partial charge in [-0.25, -0.2) is 18.1 Å². The van der Waals surface area contributed by atoms with Crippen LogP contribution >= 0.6 is 11.3 Å². The van der Waals surface area contributed by atoms with Crippen LogP contribution in [-0.4, -0.2) is 41.7 Å². The second-order valence-electron chi connectivity index (χ2n) is 7.41. The highest BCUT2D eigenvalue weighted by Gasteiger charge is 2.23. The van der Waals surface area contributed by atoms with Crippen LogP contribution in [0.3, 0.4) is 0 Å². The second-order valence-corrected chi connectivity index (χ2v) is 10.2. The third kappa shape index (κ3) is 5.96. The number of sulfonamides is 1. The lowest BCUT2D eigenvalue weighted by Crippen LogP contribution is -2.35. The van der Waals surface area contributed by atoms with Crippen LogP contribution in [0.1, 0.15) is 51.1 Å². The third-order valence-corrected chi connectivity index (χ3v) is 7.37. The summed E-state index contributed by atoms with van der Waals surface area (Å²) in [6.07, 6.45) is 9.09. The largest absolute Gasteiger partial charge is 0.359 e. The van der Waals surface area contributed by atoms with E-state index in [1.807, 2.05) is 19.2 Å². The molecule has 1 aliphatic carbocycles. The molecule has 9 heteroatoms. The molecule has 2 N–H and O–H groups in total. The summed E-state index contributed by atoms with van der Waals surface area (Å²) in [6, 6.07) is 0.384. The highest BCUT2D eigenvalue weighted by molar-refractivity contribution is 7.89. The SMILES string of the molecule is CCCCS(=O)(=O)NC[C@H]1CC[C@H](Nc2nc(-c3nccnc3C)cs2)CC1. The lowest BCUT2D eigenvalue weighted by Gasteiger charge is -2.29. The molecule has 0 unspecified atom stereocenters. The Morgan fingerprint density at radius 3 is 2.64 bits per heavy atom. The predicted octanol–water partition coefficient (Wildman–Crippen LogP) is 3.60. The summed E-state index contributed by atoms with van der Waals surface area (Å²) >= 11 is 1.59. The Labute approximate surface area is 171 Å². The Balaban J connectivity index is 1.46. The van der Waals surface area contributed by atoms with Crippen LogP contribution in [0.2, 0.25) is 0 Å². The molecule has 2 heterocycles. The average Bonchev–Trinajstić information content (AvgIpc) is 3.14. The van der Waals surface area contributed by atoms with Crippen molar-refractivity contribution in [2.45, 2.75) is 58.4 Å². The molecular formula is C19H29N5O2S2. The summed E-state index contributed by atoms with van der Waals surface area (Å²) in [4.78, 5) is 13.3. The van der Waals surface area contributed by atoms with Crippen LogP contribution in [-0.2, 0) is 10.0 Å². The molecule has 1 saturated carbocycles. The first kappa shape index (κ1) is 21.1. The number of rotatable bonds is 9. The monoisotopic (exact) mass is 423 g/mol. The summed E-state index contributed by atoms with van der Waals surface area (Å²) in [6.45, 7) is 4.50. The highest BCUT2D eigenvalue weighted by Crippen LogP contribution is 2.29. The quantitative estimate of drug-likeness (QED) is 0.640. The number of aryl methyl sites for hydroxylation is 1. The van der Waals surface area contributed by atoms with Gasteiger partial charge in [-0.15, -0.1) is 11.3 Å². The third-order valence-electron chi connectivity index (χ3n) is 5.16. The van der Waals surface area contributed by atoms with Gasteiger partial charge >= 0.3 is 0 Å². The molecule has 0 atom stereocenters. The van der Waals surface area contributed by atoms with Crippen molar-refractivity contribution in [1.29, 1.82) is 0 Å². The van der Waals surface area contributed by atoms with Crippen molar-refractivity contribution in [3.63, 3.8) is 0 Å². The van der Waals surface area contributed by atoms with Gasteiger partial charge in [-0.05, 0) is 44.9 Å². The number of nitrogens with zero attached hydrogens (tertiary/aromatic N) is 3. The van der Waals surface area contributed by atoms with E-state index in [2.05, 4.69) is 25.0 Å². The van der Waals surface area contributed by atoms with Crippen LogP contribution < -0.4 is 10.0 Å². The van der Waals surface area contributed by atoms with Crippen molar-refractivity contribution in [3.05, 3.63) is 23.5 Å². The van der Waals surface area contributed by atoms with E-state index in [9.17, 15) is 8.42 Å². The topological polar surface area (TPSA) is 96.9 Å². The van der Waals surface area contributed by atoms with Gasteiger partial charge in [0.05, 0.1) is 11.4 Å². The van der Waals surface area contributed by atoms with E-state index in [4.69, 9.17) is 0 Å². The van der Waals surface area contributed by atoms with Gasteiger partial charge in [-0.3, -0.25) is 9.97 Å². The lowest BCUT2D eigenvalue weighted by molar-refractivity contribution is 0.337. The van der Waals surface area contributed by atoms with Gasteiger partial charge < -0.3 is 5.32 Å². The van der Waals surface area contributed by atoms with Crippen molar-refractivity contribution in [2.24, 2.45) is 5.92 Å². The zero-order valence-corrected chi connectivity index (χ0v) is 18.2. The minimum atomic E-state index is -3.12. The van der Waals surface area contributed by atoms with E-state index in [1.54, 1.807) is 23.7 Å². The maximum atomic E-state index is 11.9. The zero-order valence-electron chi connectivity index (χ0n) is 16.5. The summed E-state index contributed by atoms with van der Waals surface area (Å²) in [7, 11) is -3.12. The molecule has 0 radical (unpaired) electrons. The first-order valence-electron chi connectivity index (χ1n) is 9.94. The lowest BCUT2D eigenvalue weighted by atomic mass is 9.86. The van der Waals surface area contributed by atoms with E-state index in [0.717, 1.165) is 60.7 Å². The first-order valence-corrected chi connectivity index (χ1v) is 12.5. The smallest absolute Gasteiger partial charge is 0.211 e. The van der Waals surface area contributed by atoms with Crippen molar-refractivity contribution in [1.82, 2.24) is 19.7 Å².